The molecule has 0 aliphatic rings. The van der Waals surface area contributed by atoms with Crippen LogP contribution in [0.2, 0.25) is 5.02 Å². The van der Waals surface area contributed by atoms with Crippen molar-refractivity contribution in [1.29, 1.82) is 0 Å². The van der Waals surface area contributed by atoms with E-state index in [4.69, 9.17) is 15.8 Å². The number of alkyl halides is 3. The van der Waals surface area contributed by atoms with Gasteiger partial charge in [-0.2, -0.15) is 21.6 Å². The van der Waals surface area contributed by atoms with Crippen LogP contribution >= 0.6 is 11.6 Å². The first-order chi connectivity index (χ1) is 13.6. The van der Waals surface area contributed by atoms with Gasteiger partial charge in [-0.25, -0.2) is 0 Å². The summed E-state index contributed by atoms with van der Waals surface area (Å²) in [4.78, 5) is 15.5. The third-order valence-electron chi connectivity index (χ3n) is 3.73. The molecule has 1 N–H and O–H groups in total. The summed E-state index contributed by atoms with van der Waals surface area (Å²) >= 11 is 6.06. The number of hydrogen-bond donors (Lipinski definition) is 1. The molecule has 3 rings (SSSR count). The van der Waals surface area contributed by atoms with Crippen LogP contribution in [0.3, 0.4) is 0 Å². The van der Waals surface area contributed by atoms with Gasteiger partial charge in [-0.1, -0.05) is 11.6 Å². The zero-order valence-electron chi connectivity index (χ0n) is 14.4. The molecule has 0 fully saturated rings. The Balaban J connectivity index is 1.82. The summed E-state index contributed by atoms with van der Waals surface area (Å²) in [6, 6.07) is 10.4. The number of carbonyl (C=O) groups excluding carboxylic acids is 1. The lowest BCUT2D eigenvalue weighted by atomic mass is 10.2. The van der Waals surface area contributed by atoms with Crippen LogP contribution in [0.15, 0.2) is 59.6 Å². The summed E-state index contributed by atoms with van der Waals surface area (Å²) in [6.07, 6.45) is -3.10. The van der Waals surface area contributed by atoms with Crippen molar-refractivity contribution in [1.82, 2.24) is 10.3 Å². The second kappa shape index (κ2) is 7.88. The van der Waals surface area contributed by atoms with Crippen LogP contribution in [0.4, 0.5) is 13.2 Å². The SMILES string of the molecule is O=C(NCC(F)(F)F)c1ccc(S(=O)(=O)Oc2ccc(Cl)c3cccnc23)cc1. The highest BCUT2D eigenvalue weighted by molar-refractivity contribution is 7.87. The van der Waals surface area contributed by atoms with Gasteiger partial charge in [-0.05, 0) is 48.5 Å². The topological polar surface area (TPSA) is 85.4 Å². The summed E-state index contributed by atoms with van der Waals surface area (Å²) in [5, 5.41) is 2.56. The van der Waals surface area contributed by atoms with Crippen LogP contribution in [0.1, 0.15) is 10.4 Å². The largest absolute Gasteiger partial charge is 0.405 e. The highest BCUT2D eigenvalue weighted by Crippen LogP contribution is 2.31. The normalized spacial score (nSPS) is 12.0. The molecule has 1 heterocycles. The maximum atomic E-state index is 12.5. The molecular weight excluding hydrogens is 433 g/mol. The van der Waals surface area contributed by atoms with Crippen molar-refractivity contribution in [3.8, 4) is 5.75 Å². The number of hydrogen-bond acceptors (Lipinski definition) is 5. The molecule has 1 amide bonds. The third-order valence-corrected chi connectivity index (χ3v) is 5.31. The van der Waals surface area contributed by atoms with E-state index in [1.165, 1.54) is 18.3 Å². The molecular formula is C18H12ClF3N2O4S. The fourth-order valence-electron chi connectivity index (χ4n) is 2.40. The van der Waals surface area contributed by atoms with Crippen LogP contribution in [-0.2, 0) is 10.1 Å². The van der Waals surface area contributed by atoms with E-state index < -0.39 is 28.7 Å². The Morgan fingerprint density at radius 2 is 1.79 bits per heavy atom. The van der Waals surface area contributed by atoms with Gasteiger partial charge in [0.25, 0.3) is 5.91 Å². The standard InChI is InChI=1S/C18H12ClF3N2O4S/c19-14-7-8-15(16-13(14)2-1-9-23-16)28-29(26,27)12-5-3-11(4-6-12)17(25)24-10-18(20,21)22/h1-9H,10H2,(H,24,25). The van der Waals surface area contributed by atoms with E-state index in [1.807, 2.05) is 0 Å². The number of carbonyl (C=O) groups is 1. The maximum Gasteiger partial charge on any atom is 0.405 e. The fourth-order valence-corrected chi connectivity index (χ4v) is 3.55. The molecule has 0 bridgehead atoms. The quantitative estimate of drug-likeness (QED) is 0.602. The highest BCUT2D eigenvalue weighted by Gasteiger charge is 2.28. The van der Waals surface area contributed by atoms with E-state index in [-0.39, 0.29) is 21.7 Å². The van der Waals surface area contributed by atoms with Gasteiger partial charge in [0.2, 0.25) is 0 Å². The first-order valence-electron chi connectivity index (χ1n) is 7.99. The monoisotopic (exact) mass is 444 g/mol. The minimum absolute atomic E-state index is 0.0444. The van der Waals surface area contributed by atoms with E-state index in [9.17, 15) is 26.4 Å². The Morgan fingerprint density at radius 1 is 1.10 bits per heavy atom. The molecule has 11 heteroatoms. The van der Waals surface area contributed by atoms with Gasteiger partial charge in [-0.3, -0.25) is 9.78 Å². The number of aromatic nitrogens is 1. The molecule has 0 spiro atoms. The molecule has 152 valence electrons. The molecule has 0 atom stereocenters. The van der Waals surface area contributed by atoms with Crippen LogP contribution in [0.5, 0.6) is 5.75 Å². The third kappa shape index (κ3) is 4.96. The smallest absolute Gasteiger partial charge is 0.377 e. The van der Waals surface area contributed by atoms with Crippen molar-refractivity contribution >= 4 is 38.5 Å². The molecule has 0 saturated heterocycles. The second-order valence-electron chi connectivity index (χ2n) is 5.80. The molecule has 0 aliphatic heterocycles. The average Bonchev–Trinajstić information content (AvgIpc) is 2.68. The Hall–Kier alpha value is -2.85. The summed E-state index contributed by atoms with van der Waals surface area (Å²) in [5.41, 5.74) is 0.110. The minimum Gasteiger partial charge on any atom is -0.377 e. The fraction of sp³-hybridized carbons (Fsp3) is 0.111. The van der Waals surface area contributed by atoms with Crippen molar-refractivity contribution in [2.75, 3.05) is 6.54 Å². The van der Waals surface area contributed by atoms with Gasteiger partial charge in [0.05, 0.1) is 5.02 Å². The molecule has 2 aromatic carbocycles. The number of rotatable bonds is 5. The maximum absolute atomic E-state index is 12.5. The van der Waals surface area contributed by atoms with Crippen LogP contribution in [0.25, 0.3) is 10.9 Å². The van der Waals surface area contributed by atoms with Crippen molar-refractivity contribution < 1.29 is 30.6 Å². The van der Waals surface area contributed by atoms with Gasteiger partial charge in [-0.15, -0.1) is 0 Å². The lowest BCUT2D eigenvalue weighted by Gasteiger charge is -2.11. The first kappa shape index (κ1) is 20.9. The van der Waals surface area contributed by atoms with E-state index >= 15 is 0 Å². The lowest BCUT2D eigenvalue weighted by molar-refractivity contribution is -0.123. The number of amides is 1. The lowest BCUT2D eigenvalue weighted by Crippen LogP contribution is -2.33. The van der Waals surface area contributed by atoms with E-state index in [0.717, 1.165) is 24.3 Å². The Bertz CT molecular complexity index is 1170. The van der Waals surface area contributed by atoms with Crippen molar-refractivity contribution in [3.63, 3.8) is 0 Å². The minimum atomic E-state index is -4.55. The van der Waals surface area contributed by atoms with Gasteiger partial charge in [0.1, 0.15) is 17.0 Å². The molecule has 0 saturated carbocycles. The average molecular weight is 445 g/mol. The highest BCUT2D eigenvalue weighted by atomic mass is 35.5. The van der Waals surface area contributed by atoms with Gasteiger partial charge in [0.15, 0.2) is 5.75 Å². The van der Waals surface area contributed by atoms with Crippen LogP contribution < -0.4 is 9.50 Å². The van der Waals surface area contributed by atoms with E-state index in [1.54, 1.807) is 17.4 Å². The second-order valence-corrected chi connectivity index (χ2v) is 7.76. The molecule has 0 radical (unpaired) electrons. The Morgan fingerprint density at radius 3 is 2.45 bits per heavy atom. The zero-order valence-corrected chi connectivity index (χ0v) is 16.0. The number of nitrogens with zero attached hydrogens (tertiary/aromatic N) is 1. The summed E-state index contributed by atoms with van der Waals surface area (Å²) in [7, 11) is -4.29. The number of fused-ring (bicyclic) bond motifs is 1. The zero-order chi connectivity index (χ0) is 21.2. The van der Waals surface area contributed by atoms with Gasteiger partial charge >= 0.3 is 16.3 Å². The molecule has 29 heavy (non-hydrogen) atoms. The molecule has 6 nitrogen and oxygen atoms in total. The Kier molecular flexibility index (Phi) is 5.67. The number of halogens is 4. The molecule has 0 unspecified atom stereocenters. The summed E-state index contributed by atoms with van der Waals surface area (Å²) in [6.45, 7) is -1.49. The van der Waals surface area contributed by atoms with Crippen LogP contribution in [-0.4, -0.2) is 32.0 Å². The Labute approximate surface area is 168 Å². The van der Waals surface area contributed by atoms with Crippen molar-refractivity contribution in [2.24, 2.45) is 0 Å². The van der Waals surface area contributed by atoms with Crippen molar-refractivity contribution in [3.05, 3.63) is 65.3 Å². The first-order valence-corrected chi connectivity index (χ1v) is 9.78. The van der Waals surface area contributed by atoms with Gasteiger partial charge < -0.3 is 9.50 Å². The summed E-state index contributed by atoms with van der Waals surface area (Å²) in [5.74, 6) is -1.03. The number of pyridine rings is 1. The van der Waals surface area contributed by atoms with Crippen LogP contribution in [0, 0.1) is 0 Å². The molecule has 3 aromatic rings. The van der Waals surface area contributed by atoms with Crippen molar-refractivity contribution in [2.45, 2.75) is 11.1 Å². The molecule has 1 aromatic heterocycles. The van der Waals surface area contributed by atoms with E-state index in [0.29, 0.717) is 10.4 Å². The summed E-state index contributed by atoms with van der Waals surface area (Å²) < 4.78 is 66.7. The van der Waals surface area contributed by atoms with Gasteiger partial charge in [0, 0.05) is 17.1 Å². The molecule has 0 aliphatic carbocycles. The number of nitrogens with one attached hydrogen (secondary N) is 1. The van der Waals surface area contributed by atoms with E-state index in [2.05, 4.69) is 4.98 Å². The predicted octanol–water partition coefficient (Wildman–Crippen LogP) is 3.95. The number of benzene rings is 2. The predicted molar refractivity (Wildman–Crippen MR) is 99.4 cm³/mol.